The molecule has 2 aromatic rings. The number of hydrogen-bond donors (Lipinski definition) is 0. The van der Waals surface area contributed by atoms with Gasteiger partial charge in [-0.3, -0.25) is 9.00 Å². The van der Waals surface area contributed by atoms with E-state index in [-0.39, 0.29) is 5.91 Å². The van der Waals surface area contributed by atoms with Gasteiger partial charge in [-0.1, -0.05) is 28.1 Å². The quantitative estimate of drug-likeness (QED) is 0.820. The topological polar surface area (TPSA) is 37.4 Å². The number of anilines is 1. The van der Waals surface area contributed by atoms with E-state index in [1.165, 1.54) is 5.56 Å². The SMILES string of the molecule is CS(=O)Cc1cccc(C(=O)N2CCc3cc(Br)ccc32)c1. The van der Waals surface area contributed by atoms with Crippen LogP contribution in [-0.4, -0.2) is 22.9 Å². The highest BCUT2D eigenvalue weighted by Gasteiger charge is 2.25. The molecule has 0 radical (unpaired) electrons. The van der Waals surface area contributed by atoms with Gasteiger partial charge in [0, 0.05) is 45.1 Å². The molecule has 1 heterocycles. The fourth-order valence-corrected chi connectivity index (χ4v) is 3.82. The second-order valence-corrected chi connectivity index (χ2v) is 7.75. The lowest BCUT2D eigenvalue weighted by atomic mass is 10.1. The minimum Gasteiger partial charge on any atom is -0.308 e. The second-order valence-electron chi connectivity index (χ2n) is 5.40. The zero-order valence-corrected chi connectivity index (χ0v) is 14.6. The van der Waals surface area contributed by atoms with Gasteiger partial charge in [-0.15, -0.1) is 0 Å². The van der Waals surface area contributed by atoms with Crippen molar-refractivity contribution in [2.24, 2.45) is 0 Å². The number of hydrogen-bond acceptors (Lipinski definition) is 2. The lowest BCUT2D eigenvalue weighted by Crippen LogP contribution is -2.28. The zero-order chi connectivity index (χ0) is 15.7. The van der Waals surface area contributed by atoms with Crippen molar-refractivity contribution in [2.45, 2.75) is 12.2 Å². The highest BCUT2D eigenvalue weighted by molar-refractivity contribution is 9.10. The lowest BCUT2D eigenvalue weighted by molar-refractivity contribution is 0.0989. The molecule has 3 nitrogen and oxygen atoms in total. The first-order valence-corrected chi connectivity index (χ1v) is 9.56. The van der Waals surface area contributed by atoms with Crippen molar-refractivity contribution in [1.82, 2.24) is 0 Å². The molecule has 0 aromatic heterocycles. The van der Waals surface area contributed by atoms with Gasteiger partial charge in [0.25, 0.3) is 5.91 Å². The predicted octanol–water partition coefficient (Wildman–Crippen LogP) is 3.53. The molecule has 1 amide bonds. The maximum absolute atomic E-state index is 12.8. The molecular weight excluding hydrogens is 362 g/mol. The van der Waals surface area contributed by atoms with E-state index in [0.717, 1.165) is 22.1 Å². The predicted molar refractivity (Wildman–Crippen MR) is 93.7 cm³/mol. The number of rotatable bonds is 3. The van der Waals surface area contributed by atoms with Crippen molar-refractivity contribution >= 4 is 38.3 Å². The number of carbonyl (C=O) groups excluding carboxylic acids is 1. The molecule has 1 atom stereocenters. The fraction of sp³-hybridized carbons (Fsp3) is 0.235. The zero-order valence-electron chi connectivity index (χ0n) is 12.2. The Morgan fingerprint density at radius 1 is 1.27 bits per heavy atom. The van der Waals surface area contributed by atoms with Crippen LogP contribution in [0.15, 0.2) is 46.9 Å². The van der Waals surface area contributed by atoms with Crippen molar-refractivity contribution in [3.63, 3.8) is 0 Å². The summed E-state index contributed by atoms with van der Waals surface area (Å²) in [6.45, 7) is 0.703. The highest BCUT2D eigenvalue weighted by atomic mass is 79.9. The molecule has 3 rings (SSSR count). The number of amides is 1. The molecule has 5 heteroatoms. The smallest absolute Gasteiger partial charge is 0.258 e. The molecule has 0 saturated carbocycles. The van der Waals surface area contributed by atoms with Crippen LogP contribution in [0.2, 0.25) is 0 Å². The molecule has 1 aliphatic rings. The highest BCUT2D eigenvalue weighted by Crippen LogP contribution is 2.31. The molecular formula is C17H16BrNO2S. The van der Waals surface area contributed by atoms with Gasteiger partial charge >= 0.3 is 0 Å². The summed E-state index contributed by atoms with van der Waals surface area (Å²) in [6, 6.07) is 13.4. The summed E-state index contributed by atoms with van der Waals surface area (Å²) >= 11 is 3.47. The van der Waals surface area contributed by atoms with Crippen LogP contribution >= 0.6 is 15.9 Å². The summed E-state index contributed by atoms with van der Waals surface area (Å²) in [5.41, 5.74) is 3.76. The summed E-state index contributed by atoms with van der Waals surface area (Å²) in [7, 11) is -0.909. The molecule has 0 N–H and O–H groups in total. The van der Waals surface area contributed by atoms with Crippen LogP contribution in [0.25, 0.3) is 0 Å². The third-order valence-corrected chi connectivity index (χ3v) is 4.96. The first kappa shape index (κ1) is 15.4. The molecule has 0 spiro atoms. The van der Waals surface area contributed by atoms with Gasteiger partial charge in [-0.05, 0) is 47.9 Å². The standard InChI is InChI=1S/C17H16BrNO2S/c1-22(21)11-12-3-2-4-14(9-12)17(20)19-8-7-13-10-15(18)5-6-16(13)19/h2-6,9-10H,7-8,11H2,1H3. The molecule has 0 aliphatic carbocycles. The van der Waals surface area contributed by atoms with E-state index in [1.807, 2.05) is 41.3 Å². The second kappa shape index (κ2) is 6.34. The Morgan fingerprint density at radius 2 is 2.09 bits per heavy atom. The van der Waals surface area contributed by atoms with Gasteiger partial charge in [0.05, 0.1) is 0 Å². The Kier molecular flexibility index (Phi) is 4.45. The van der Waals surface area contributed by atoms with Crippen LogP contribution in [-0.2, 0) is 23.0 Å². The number of benzene rings is 2. The van der Waals surface area contributed by atoms with Crippen molar-refractivity contribution < 1.29 is 9.00 Å². The monoisotopic (exact) mass is 377 g/mol. The lowest BCUT2D eigenvalue weighted by Gasteiger charge is -2.18. The number of nitrogens with zero attached hydrogens (tertiary/aromatic N) is 1. The van der Waals surface area contributed by atoms with E-state index >= 15 is 0 Å². The first-order valence-electron chi connectivity index (χ1n) is 7.04. The van der Waals surface area contributed by atoms with E-state index in [0.29, 0.717) is 17.9 Å². The Bertz CT molecular complexity index is 760. The third-order valence-electron chi connectivity index (χ3n) is 3.73. The summed E-state index contributed by atoms with van der Waals surface area (Å²) in [5.74, 6) is 0.481. The molecule has 1 aliphatic heterocycles. The van der Waals surface area contributed by atoms with Crippen LogP contribution < -0.4 is 4.90 Å². The average Bonchev–Trinajstić information content (AvgIpc) is 2.89. The average molecular weight is 378 g/mol. The molecule has 0 bridgehead atoms. The van der Waals surface area contributed by atoms with E-state index in [2.05, 4.69) is 22.0 Å². The van der Waals surface area contributed by atoms with Crippen molar-refractivity contribution in [3.05, 3.63) is 63.6 Å². The van der Waals surface area contributed by atoms with E-state index in [4.69, 9.17) is 0 Å². The first-order chi connectivity index (χ1) is 10.5. The summed E-state index contributed by atoms with van der Waals surface area (Å²) in [4.78, 5) is 14.6. The van der Waals surface area contributed by atoms with E-state index < -0.39 is 10.8 Å². The van der Waals surface area contributed by atoms with Gasteiger partial charge in [-0.2, -0.15) is 0 Å². The molecule has 22 heavy (non-hydrogen) atoms. The Hall–Kier alpha value is -1.46. The number of fused-ring (bicyclic) bond motifs is 1. The largest absolute Gasteiger partial charge is 0.308 e. The van der Waals surface area contributed by atoms with Gasteiger partial charge < -0.3 is 4.90 Å². The summed E-state index contributed by atoms with van der Waals surface area (Å²) in [5, 5.41) is 0. The minimum atomic E-state index is -0.909. The van der Waals surface area contributed by atoms with Crippen molar-refractivity contribution in [3.8, 4) is 0 Å². The summed E-state index contributed by atoms with van der Waals surface area (Å²) in [6.07, 6.45) is 2.54. The number of carbonyl (C=O) groups is 1. The molecule has 114 valence electrons. The number of halogens is 1. The van der Waals surface area contributed by atoms with E-state index in [9.17, 15) is 9.00 Å². The van der Waals surface area contributed by atoms with Crippen LogP contribution in [0.3, 0.4) is 0 Å². The van der Waals surface area contributed by atoms with Crippen LogP contribution in [0, 0.1) is 0 Å². The van der Waals surface area contributed by atoms with Crippen molar-refractivity contribution in [2.75, 3.05) is 17.7 Å². The maximum Gasteiger partial charge on any atom is 0.258 e. The van der Waals surface area contributed by atoms with Crippen LogP contribution in [0.4, 0.5) is 5.69 Å². The summed E-state index contributed by atoms with van der Waals surface area (Å²) < 4.78 is 12.4. The van der Waals surface area contributed by atoms with Gasteiger partial charge in [0.1, 0.15) is 0 Å². The Balaban J connectivity index is 1.88. The van der Waals surface area contributed by atoms with Crippen LogP contribution in [0.5, 0.6) is 0 Å². The van der Waals surface area contributed by atoms with Crippen molar-refractivity contribution in [1.29, 1.82) is 0 Å². The van der Waals surface area contributed by atoms with Gasteiger partial charge in [-0.25, -0.2) is 0 Å². The molecule has 1 unspecified atom stereocenters. The van der Waals surface area contributed by atoms with E-state index in [1.54, 1.807) is 6.26 Å². The normalized spacial score (nSPS) is 14.7. The fourth-order valence-electron chi connectivity index (χ4n) is 2.77. The minimum absolute atomic E-state index is 0.00445. The van der Waals surface area contributed by atoms with Crippen LogP contribution in [0.1, 0.15) is 21.5 Å². The van der Waals surface area contributed by atoms with Gasteiger partial charge in [0.15, 0.2) is 0 Å². The molecule has 0 saturated heterocycles. The Morgan fingerprint density at radius 3 is 2.86 bits per heavy atom. The molecule has 2 aromatic carbocycles. The Labute approximate surface area is 140 Å². The molecule has 0 fully saturated rings. The van der Waals surface area contributed by atoms with Gasteiger partial charge in [0.2, 0.25) is 0 Å². The third kappa shape index (κ3) is 3.15. The maximum atomic E-state index is 12.8.